The van der Waals surface area contributed by atoms with Crippen LogP contribution < -0.4 is 15.3 Å². The monoisotopic (exact) mass is 360 g/mol. The lowest BCUT2D eigenvalue weighted by Gasteiger charge is -2.13. The fourth-order valence-electron chi connectivity index (χ4n) is 2.61. The maximum atomic E-state index is 12.3. The first kappa shape index (κ1) is 17.6. The van der Waals surface area contributed by atoms with Crippen LogP contribution in [0.3, 0.4) is 0 Å². The van der Waals surface area contributed by atoms with Gasteiger partial charge >= 0.3 is 6.36 Å². The van der Waals surface area contributed by atoms with E-state index in [2.05, 4.69) is 9.84 Å². The van der Waals surface area contributed by atoms with Crippen LogP contribution in [-0.4, -0.2) is 12.6 Å². The van der Waals surface area contributed by atoms with Crippen molar-refractivity contribution in [3.8, 4) is 11.5 Å². The SMILES string of the molecule is NN=Cc1ccc(OCc2cccc(OC(F)(F)F)c2)c2ccccc12. The van der Waals surface area contributed by atoms with Crippen molar-refractivity contribution in [1.82, 2.24) is 0 Å². The number of halogens is 3. The second-order valence-electron chi connectivity index (χ2n) is 5.46. The minimum atomic E-state index is -4.73. The summed E-state index contributed by atoms with van der Waals surface area (Å²) in [6.07, 6.45) is -3.18. The molecule has 0 aliphatic rings. The van der Waals surface area contributed by atoms with E-state index in [-0.39, 0.29) is 12.4 Å². The Hall–Kier alpha value is -3.22. The molecule has 0 fully saturated rings. The summed E-state index contributed by atoms with van der Waals surface area (Å²) < 4.78 is 46.7. The molecule has 7 heteroatoms. The van der Waals surface area contributed by atoms with Crippen LogP contribution in [0.25, 0.3) is 10.8 Å². The summed E-state index contributed by atoms with van der Waals surface area (Å²) in [6, 6.07) is 16.8. The molecule has 0 saturated heterocycles. The number of hydrazone groups is 1. The third kappa shape index (κ3) is 4.24. The summed E-state index contributed by atoms with van der Waals surface area (Å²) in [7, 11) is 0. The first-order valence-corrected chi connectivity index (χ1v) is 7.69. The Morgan fingerprint density at radius 1 is 0.962 bits per heavy atom. The molecule has 0 heterocycles. The summed E-state index contributed by atoms with van der Waals surface area (Å²) in [4.78, 5) is 0. The standard InChI is InChI=1S/C19H15F3N2O2/c20-19(21,22)26-15-5-3-4-13(10-15)12-25-18-9-8-14(11-24-23)16-6-1-2-7-17(16)18/h1-11H,12,23H2. The van der Waals surface area contributed by atoms with E-state index in [4.69, 9.17) is 10.6 Å². The lowest BCUT2D eigenvalue weighted by atomic mass is 10.0. The molecule has 0 radical (unpaired) electrons. The summed E-state index contributed by atoms with van der Waals surface area (Å²) in [5.41, 5.74) is 1.40. The highest BCUT2D eigenvalue weighted by Gasteiger charge is 2.31. The van der Waals surface area contributed by atoms with Crippen molar-refractivity contribution in [2.45, 2.75) is 13.0 Å². The third-order valence-electron chi connectivity index (χ3n) is 3.66. The van der Waals surface area contributed by atoms with Crippen molar-refractivity contribution in [2.24, 2.45) is 10.9 Å². The second kappa shape index (κ2) is 7.35. The predicted molar refractivity (Wildman–Crippen MR) is 93.2 cm³/mol. The second-order valence-corrected chi connectivity index (χ2v) is 5.46. The van der Waals surface area contributed by atoms with Gasteiger partial charge in [0.2, 0.25) is 0 Å². The average Bonchev–Trinajstić information content (AvgIpc) is 2.60. The van der Waals surface area contributed by atoms with Crippen LogP contribution in [0.15, 0.2) is 65.8 Å². The Bertz CT molecular complexity index is 939. The smallest absolute Gasteiger partial charge is 0.488 e. The van der Waals surface area contributed by atoms with Gasteiger partial charge in [0.15, 0.2) is 0 Å². The van der Waals surface area contributed by atoms with Gasteiger partial charge in [-0.25, -0.2) is 0 Å². The van der Waals surface area contributed by atoms with Crippen LogP contribution in [0.2, 0.25) is 0 Å². The Morgan fingerprint density at radius 2 is 1.73 bits per heavy atom. The highest BCUT2D eigenvalue weighted by molar-refractivity contribution is 6.02. The lowest BCUT2D eigenvalue weighted by Crippen LogP contribution is -2.17. The van der Waals surface area contributed by atoms with Gasteiger partial charge in [-0.3, -0.25) is 0 Å². The molecule has 0 saturated carbocycles. The number of benzene rings is 3. The summed E-state index contributed by atoms with van der Waals surface area (Å²) in [6.45, 7) is 0.101. The molecule has 0 aliphatic carbocycles. The zero-order valence-electron chi connectivity index (χ0n) is 13.5. The summed E-state index contributed by atoms with van der Waals surface area (Å²) in [5, 5.41) is 5.31. The van der Waals surface area contributed by atoms with Crippen molar-refractivity contribution in [3.05, 3.63) is 71.8 Å². The van der Waals surface area contributed by atoms with Gasteiger partial charge in [0.25, 0.3) is 0 Å². The molecule has 0 amide bonds. The minimum absolute atomic E-state index is 0.101. The van der Waals surface area contributed by atoms with Gasteiger partial charge in [-0.2, -0.15) is 5.10 Å². The van der Waals surface area contributed by atoms with Gasteiger partial charge in [-0.15, -0.1) is 13.2 Å². The van der Waals surface area contributed by atoms with E-state index in [1.165, 1.54) is 18.2 Å². The molecule has 0 unspecified atom stereocenters. The van der Waals surface area contributed by atoms with E-state index in [1.807, 2.05) is 30.3 Å². The molecule has 3 aromatic rings. The van der Waals surface area contributed by atoms with Crippen LogP contribution >= 0.6 is 0 Å². The Labute approximate surface area is 147 Å². The van der Waals surface area contributed by atoms with Gasteiger partial charge in [-0.05, 0) is 35.2 Å². The van der Waals surface area contributed by atoms with E-state index in [0.29, 0.717) is 11.3 Å². The van der Waals surface area contributed by atoms with Crippen LogP contribution in [0, 0.1) is 0 Å². The maximum absolute atomic E-state index is 12.3. The molecule has 3 rings (SSSR count). The van der Waals surface area contributed by atoms with E-state index >= 15 is 0 Å². The van der Waals surface area contributed by atoms with Gasteiger partial charge in [0, 0.05) is 10.9 Å². The molecular weight excluding hydrogens is 345 g/mol. The Morgan fingerprint density at radius 3 is 2.46 bits per heavy atom. The number of hydrogen-bond acceptors (Lipinski definition) is 4. The lowest BCUT2D eigenvalue weighted by molar-refractivity contribution is -0.274. The highest BCUT2D eigenvalue weighted by atomic mass is 19.4. The molecule has 0 bridgehead atoms. The predicted octanol–water partition coefficient (Wildman–Crippen LogP) is 4.61. The van der Waals surface area contributed by atoms with Gasteiger partial charge in [0.1, 0.15) is 18.1 Å². The van der Waals surface area contributed by atoms with E-state index in [9.17, 15) is 13.2 Å². The van der Waals surface area contributed by atoms with E-state index in [1.54, 1.807) is 18.3 Å². The number of nitrogens with zero attached hydrogens (tertiary/aromatic N) is 1. The quantitative estimate of drug-likeness (QED) is 0.411. The summed E-state index contributed by atoms with van der Waals surface area (Å²) in [5.74, 6) is 5.56. The molecule has 0 atom stereocenters. The van der Waals surface area contributed by atoms with Crippen LogP contribution in [0.5, 0.6) is 11.5 Å². The van der Waals surface area contributed by atoms with Gasteiger partial charge in [0.05, 0.1) is 6.21 Å². The van der Waals surface area contributed by atoms with Crippen LogP contribution in [-0.2, 0) is 6.61 Å². The van der Waals surface area contributed by atoms with Crippen molar-refractivity contribution in [3.63, 3.8) is 0 Å². The average molecular weight is 360 g/mol. The first-order chi connectivity index (χ1) is 12.5. The first-order valence-electron chi connectivity index (χ1n) is 7.69. The normalized spacial score (nSPS) is 11.8. The van der Waals surface area contributed by atoms with E-state index < -0.39 is 6.36 Å². The number of fused-ring (bicyclic) bond motifs is 1. The van der Waals surface area contributed by atoms with Crippen molar-refractivity contribution < 1.29 is 22.6 Å². The Balaban J connectivity index is 1.82. The van der Waals surface area contributed by atoms with Crippen LogP contribution in [0.1, 0.15) is 11.1 Å². The molecule has 2 N–H and O–H groups in total. The van der Waals surface area contributed by atoms with Gasteiger partial charge < -0.3 is 15.3 Å². The van der Waals surface area contributed by atoms with Crippen molar-refractivity contribution in [2.75, 3.05) is 0 Å². The zero-order chi connectivity index (χ0) is 18.6. The topological polar surface area (TPSA) is 56.8 Å². The Kier molecular flexibility index (Phi) is 4.97. The molecule has 3 aromatic carbocycles. The van der Waals surface area contributed by atoms with Gasteiger partial charge in [-0.1, -0.05) is 36.4 Å². The van der Waals surface area contributed by atoms with E-state index in [0.717, 1.165) is 16.3 Å². The van der Waals surface area contributed by atoms with Crippen LogP contribution in [0.4, 0.5) is 13.2 Å². The highest BCUT2D eigenvalue weighted by Crippen LogP contribution is 2.29. The molecule has 26 heavy (non-hydrogen) atoms. The fourth-order valence-corrected chi connectivity index (χ4v) is 2.61. The third-order valence-corrected chi connectivity index (χ3v) is 3.66. The van der Waals surface area contributed by atoms with Crippen molar-refractivity contribution >= 4 is 17.0 Å². The number of ether oxygens (including phenoxy) is 2. The molecule has 134 valence electrons. The summed E-state index contributed by atoms with van der Waals surface area (Å²) >= 11 is 0. The number of nitrogens with two attached hydrogens (primary N) is 1. The number of alkyl halides is 3. The molecular formula is C19H15F3N2O2. The largest absolute Gasteiger partial charge is 0.573 e. The number of hydrogen-bond donors (Lipinski definition) is 1. The maximum Gasteiger partial charge on any atom is 0.573 e. The van der Waals surface area contributed by atoms with Crippen molar-refractivity contribution in [1.29, 1.82) is 0 Å². The zero-order valence-corrected chi connectivity index (χ0v) is 13.5. The molecule has 0 aromatic heterocycles. The fraction of sp³-hybridized carbons (Fsp3) is 0.105. The molecule has 0 spiro atoms. The molecule has 0 aliphatic heterocycles. The molecule has 4 nitrogen and oxygen atoms in total. The minimum Gasteiger partial charge on any atom is -0.488 e. The number of rotatable bonds is 5.